The molecule has 1 fully saturated rings. The van der Waals surface area contributed by atoms with Crippen LogP contribution in [-0.2, 0) is 4.74 Å². The number of ether oxygens (including phenoxy) is 1. The van der Waals surface area contributed by atoms with Gasteiger partial charge in [0.25, 0.3) is 0 Å². The summed E-state index contributed by atoms with van der Waals surface area (Å²) in [6, 6.07) is 9.60. The van der Waals surface area contributed by atoms with E-state index in [4.69, 9.17) is 4.74 Å². The fourth-order valence-electron chi connectivity index (χ4n) is 1.38. The summed E-state index contributed by atoms with van der Waals surface area (Å²) in [5.74, 6) is 0. The summed E-state index contributed by atoms with van der Waals surface area (Å²) < 4.78 is 5.48. The minimum Gasteiger partial charge on any atom is -0.386 e. The molecule has 2 N–H and O–H groups in total. The van der Waals surface area contributed by atoms with Crippen molar-refractivity contribution in [3.05, 3.63) is 35.9 Å². The molecule has 0 aromatic heterocycles. The van der Waals surface area contributed by atoms with Crippen molar-refractivity contribution >= 4 is 0 Å². The predicted molar refractivity (Wildman–Crippen MR) is 54.0 cm³/mol. The zero-order chi connectivity index (χ0) is 9.80. The first-order valence-corrected chi connectivity index (χ1v) is 4.91. The molecule has 3 nitrogen and oxygen atoms in total. The molecule has 3 heteroatoms. The highest BCUT2D eigenvalue weighted by Crippen LogP contribution is 2.13. The fraction of sp³-hybridized carbons (Fsp3) is 0.455. The quantitative estimate of drug-likeness (QED) is 0.740. The molecule has 0 spiro atoms. The van der Waals surface area contributed by atoms with Crippen LogP contribution in [0, 0.1) is 0 Å². The monoisotopic (exact) mass is 193 g/mol. The molecule has 1 heterocycles. The number of hydrogen-bond acceptors (Lipinski definition) is 3. The maximum atomic E-state index is 9.74. The van der Waals surface area contributed by atoms with Crippen LogP contribution >= 0.6 is 0 Å². The smallest absolute Gasteiger partial charge is 0.102 e. The van der Waals surface area contributed by atoms with Gasteiger partial charge in [-0.3, -0.25) is 0 Å². The first kappa shape index (κ1) is 9.65. The van der Waals surface area contributed by atoms with Crippen molar-refractivity contribution in [2.75, 3.05) is 19.7 Å². The van der Waals surface area contributed by atoms with Gasteiger partial charge in [-0.15, -0.1) is 0 Å². The van der Waals surface area contributed by atoms with Crippen LogP contribution in [0.4, 0.5) is 0 Å². The van der Waals surface area contributed by atoms with E-state index in [0.717, 1.165) is 18.7 Å². The van der Waals surface area contributed by atoms with Gasteiger partial charge in [-0.25, -0.2) is 0 Å². The third-order valence-corrected chi connectivity index (χ3v) is 2.42. The highest BCUT2D eigenvalue weighted by molar-refractivity contribution is 5.17. The fourth-order valence-corrected chi connectivity index (χ4v) is 1.38. The van der Waals surface area contributed by atoms with Gasteiger partial charge in [-0.05, 0) is 5.56 Å². The van der Waals surface area contributed by atoms with E-state index in [0.29, 0.717) is 6.61 Å². The summed E-state index contributed by atoms with van der Waals surface area (Å²) in [4.78, 5) is 0. The molecular formula is C11H15NO2. The Balaban J connectivity index is 1.80. The van der Waals surface area contributed by atoms with E-state index in [9.17, 15) is 5.11 Å². The van der Waals surface area contributed by atoms with Crippen LogP contribution in [0.2, 0.25) is 0 Å². The molecular weight excluding hydrogens is 178 g/mol. The summed E-state index contributed by atoms with van der Waals surface area (Å²) in [5.41, 5.74) is 0.916. The van der Waals surface area contributed by atoms with E-state index >= 15 is 0 Å². The van der Waals surface area contributed by atoms with Gasteiger partial charge in [0, 0.05) is 13.1 Å². The zero-order valence-electron chi connectivity index (χ0n) is 8.02. The Morgan fingerprint density at radius 1 is 1.36 bits per heavy atom. The molecule has 0 bridgehead atoms. The van der Waals surface area contributed by atoms with Gasteiger partial charge in [-0.2, -0.15) is 0 Å². The Hall–Kier alpha value is -0.900. The van der Waals surface area contributed by atoms with Crippen LogP contribution in [0.3, 0.4) is 0 Å². The van der Waals surface area contributed by atoms with Crippen LogP contribution in [0.1, 0.15) is 11.7 Å². The van der Waals surface area contributed by atoms with Crippen molar-refractivity contribution in [1.82, 2.24) is 5.32 Å². The predicted octanol–water partition coefficient (Wildman–Crippen LogP) is 0.708. The summed E-state index contributed by atoms with van der Waals surface area (Å²) in [6.45, 7) is 2.19. The average molecular weight is 193 g/mol. The molecule has 1 aliphatic heterocycles. The number of benzene rings is 1. The standard InChI is InChI=1S/C11H15NO2/c13-11(8-14-10-6-12-7-10)9-4-2-1-3-5-9/h1-5,10-13H,6-8H2. The molecule has 0 aliphatic carbocycles. The number of nitrogens with one attached hydrogen (secondary N) is 1. The Bertz CT molecular complexity index is 272. The lowest BCUT2D eigenvalue weighted by atomic mass is 10.1. The van der Waals surface area contributed by atoms with E-state index < -0.39 is 6.10 Å². The Kier molecular flexibility index (Phi) is 3.14. The molecule has 1 aliphatic rings. The highest BCUT2D eigenvalue weighted by atomic mass is 16.5. The van der Waals surface area contributed by atoms with Crippen LogP contribution < -0.4 is 5.32 Å². The first-order chi connectivity index (χ1) is 6.86. The molecule has 1 aromatic rings. The zero-order valence-corrected chi connectivity index (χ0v) is 8.02. The second kappa shape index (κ2) is 4.55. The van der Waals surface area contributed by atoms with Crippen LogP contribution in [-0.4, -0.2) is 30.9 Å². The summed E-state index contributed by atoms with van der Waals surface area (Å²) in [5, 5.41) is 12.9. The summed E-state index contributed by atoms with van der Waals surface area (Å²) in [6.07, 6.45) is -0.217. The van der Waals surface area contributed by atoms with Crippen molar-refractivity contribution in [3.63, 3.8) is 0 Å². The van der Waals surface area contributed by atoms with Crippen molar-refractivity contribution < 1.29 is 9.84 Å². The maximum absolute atomic E-state index is 9.74. The third-order valence-electron chi connectivity index (χ3n) is 2.42. The Labute approximate surface area is 83.7 Å². The minimum atomic E-state index is -0.503. The minimum absolute atomic E-state index is 0.286. The molecule has 76 valence electrons. The van der Waals surface area contributed by atoms with Crippen molar-refractivity contribution in [3.8, 4) is 0 Å². The highest BCUT2D eigenvalue weighted by Gasteiger charge is 2.18. The van der Waals surface area contributed by atoms with Crippen molar-refractivity contribution in [2.24, 2.45) is 0 Å². The molecule has 2 rings (SSSR count). The maximum Gasteiger partial charge on any atom is 0.102 e. The molecule has 14 heavy (non-hydrogen) atoms. The van der Waals surface area contributed by atoms with Crippen LogP contribution in [0.25, 0.3) is 0 Å². The molecule has 1 unspecified atom stereocenters. The van der Waals surface area contributed by atoms with E-state index in [1.807, 2.05) is 30.3 Å². The topological polar surface area (TPSA) is 41.5 Å². The number of aliphatic hydroxyl groups is 1. The molecule has 1 saturated heterocycles. The average Bonchev–Trinajstić information content (AvgIpc) is 2.16. The number of rotatable bonds is 4. The lowest BCUT2D eigenvalue weighted by Gasteiger charge is -2.28. The van der Waals surface area contributed by atoms with E-state index in [-0.39, 0.29) is 6.10 Å². The molecule has 1 atom stereocenters. The van der Waals surface area contributed by atoms with Crippen molar-refractivity contribution in [2.45, 2.75) is 12.2 Å². The van der Waals surface area contributed by atoms with Gasteiger partial charge in [0.05, 0.1) is 12.7 Å². The van der Waals surface area contributed by atoms with Gasteiger partial charge in [0.1, 0.15) is 6.10 Å². The second-order valence-corrected chi connectivity index (χ2v) is 3.54. The first-order valence-electron chi connectivity index (χ1n) is 4.91. The van der Waals surface area contributed by atoms with E-state index in [1.54, 1.807) is 0 Å². The van der Waals surface area contributed by atoms with Gasteiger partial charge in [0.15, 0.2) is 0 Å². The van der Waals surface area contributed by atoms with Gasteiger partial charge in [0.2, 0.25) is 0 Å². The Morgan fingerprint density at radius 3 is 2.64 bits per heavy atom. The van der Waals surface area contributed by atoms with Crippen LogP contribution in [0.15, 0.2) is 30.3 Å². The SMILES string of the molecule is OC(COC1CNC1)c1ccccc1. The van der Waals surface area contributed by atoms with Gasteiger partial charge >= 0.3 is 0 Å². The molecule has 0 amide bonds. The van der Waals surface area contributed by atoms with Crippen LogP contribution in [0.5, 0.6) is 0 Å². The summed E-state index contributed by atoms with van der Waals surface area (Å²) in [7, 11) is 0. The lowest BCUT2D eigenvalue weighted by molar-refractivity contribution is -0.0309. The normalized spacial score (nSPS) is 18.9. The summed E-state index contributed by atoms with van der Waals surface area (Å²) >= 11 is 0. The van der Waals surface area contributed by atoms with E-state index in [2.05, 4.69) is 5.32 Å². The van der Waals surface area contributed by atoms with E-state index in [1.165, 1.54) is 0 Å². The second-order valence-electron chi connectivity index (χ2n) is 3.54. The number of hydrogen-bond donors (Lipinski definition) is 2. The Morgan fingerprint density at radius 2 is 2.07 bits per heavy atom. The number of aliphatic hydroxyl groups excluding tert-OH is 1. The van der Waals surface area contributed by atoms with Gasteiger partial charge in [-0.1, -0.05) is 30.3 Å². The van der Waals surface area contributed by atoms with Gasteiger partial charge < -0.3 is 15.2 Å². The largest absolute Gasteiger partial charge is 0.386 e. The molecule has 1 aromatic carbocycles. The lowest BCUT2D eigenvalue weighted by Crippen LogP contribution is -2.48. The molecule has 0 radical (unpaired) electrons. The molecule has 0 saturated carbocycles. The third kappa shape index (κ3) is 2.32. The van der Waals surface area contributed by atoms with Crippen molar-refractivity contribution in [1.29, 1.82) is 0 Å².